The van der Waals surface area contributed by atoms with Crippen molar-refractivity contribution < 1.29 is 43.2 Å². The monoisotopic (exact) mass is 624 g/mol. The number of amides is 2. The number of benzene rings is 1. The third-order valence-electron chi connectivity index (χ3n) is 7.59. The molecule has 0 saturated carbocycles. The number of ether oxygens (including phenoxy) is 5. The van der Waals surface area contributed by atoms with Crippen molar-refractivity contribution >= 4 is 40.8 Å². The maximum Gasteiger partial charge on any atom is 0.409 e. The van der Waals surface area contributed by atoms with Gasteiger partial charge in [0.2, 0.25) is 5.91 Å². The Hall–Kier alpha value is -3.12. The normalized spacial score (nSPS) is 20.8. The van der Waals surface area contributed by atoms with Crippen LogP contribution in [0.2, 0.25) is 5.02 Å². The van der Waals surface area contributed by atoms with Crippen LogP contribution in [0.4, 0.5) is 10.5 Å². The van der Waals surface area contributed by atoms with E-state index in [1.807, 2.05) is 20.8 Å². The number of aliphatic hydroxyl groups is 1. The van der Waals surface area contributed by atoms with E-state index in [4.69, 9.17) is 35.3 Å². The predicted octanol–water partition coefficient (Wildman–Crippen LogP) is 4.88. The molecular formula is C31H45ClN2O9. The van der Waals surface area contributed by atoms with Crippen LogP contribution in [-0.4, -0.2) is 81.1 Å². The highest BCUT2D eigenvalue weighted by Gasteiger charge is 2.45. The van der Waals surface area contributed by atoms with E-state index >= 15 is 0 Å². The van der Waals surface area contributed by atoms with Crippen LogP contribution in [0.15, 0.2) is 30.4 Å². The highest BCUT2D eigenvalue weighted by molar-refractivity contribution is 6.35. The maximum absolute atomic E-state index is 13.4. The van der Waals surface area contributed by atoms with Crippen LogP contribution in [0.3, 0.4) is 0 Å². The van der Waals surface area contributed by atoms with Crippen molar-refractivity contribution in [1.82, 2.24) is 5.32 Å². The summed E-state index contributed by atoms with van der Waals surface area (Å²) in [7, 11) is 5.98. The number of alkyl carbamates (subject to hydrolysis) is 1. The zero-order valence-electron chi connectivity index (χ0n) is 26.6. The van der Waals surface area contributed by atoms with Gasteiger partial charge in [-0.15, -0.1) is 0 Å². The average Bonchev–Trinajstić information content (AvgIpc) is 2.93. The molecule has 4 atom stereocenters. The number of rotatable bonds is 13. The minimum atomic E-state index is -1.65. The molecule has 1 aliphatic heterocycles. The summed E-state index contributed by atoms with van der Waals surface area (Å²) < 4.78 is 27.2. The van der Waals surface area contributed by atoms with Crippen LogP contribution < -0.4 is 15.0 Å². The number of allylic oxidation sites excluding steroid dienone is 3. The number of esters is 1. The second kappa shape index (κ2) is 15.1. The molecule has 2 rings (SSSR count). The SMILES string of the molecule is COc1cc(/C(C)=C/C=C/[C@@H](OC)[C@@]2(O)C[C@@H](C(C)C)OC(=O)N2)cc(N(C)C(=O)C[C@H](OC(C)=O)C(C)(C)OC)c1Cl. The molecule has 0 radical (unpaired) electrons. The first-order valence-electron chi connectivity index (χ1n) is 14.0. The molecule has 1 aromatic rings. The zero-order valence-corrected chi connectivity index (χ0v) is 27.4. The van der Waals surface area contributed by atoms with E-state index in [1.54, 1.807) is 51.3 Å². The molecule has 1 heterocycles. The number of carbonyl (C=O) groups is 3. The third kappa shape index (κ3) is 9.18. The molecular weight excluding hydrogens is 580 g/mol. The quantitative estimate of drug-likeness (QED) is 0.233. The summed E-state index contributed by atoms with van der Waals surface area (Å²) in [5, 5.41) is 13.9. The van der Waals surface area contributed by atoms with Crippen LogP contribution in [0.5, 0.6) is 5.75 Å². The van der Waals surface area contributed by atoms with Gasteiger partial charge in [0.1, 0.15) is 29.1 Å². The summed E-state index contributed by atoms with van der Waals surface area (Å²) in [4.78, 5) is 38.6. The molecule has 0 bridgehead atoms. The first kappa shape index (κ1) is 36.1. The van der Waals surface area contributed by atoms with Crippen molar-refractivity contribution in [2.24, 2.45) is 5.92 Å². The molecule has 0 aromatic heterocycles. The first-order chi connectivity index (χ1) is 20.0. The molecule has 12 heteroatoms. The molecule has 11 nitrogen and oxygen atoms in total. The summed E-state index contributed by atoms with van der Waals surface area (Å²) in [6, 6.07) is 3.49. The Morgan fingerprint density at radius 2 is 1.91 bits per heavy atom. The maximum atomic E-state index is 13.4. The van der Waals surface area contributed by atoms with Crippen molar-refractivity contribution in [1.29, 1.82) is 0 Å². The lowest BCUT2D eigenvalue weighted by Crippen LogP contribution is -2.63. The standard InChI is InChI=1S/C31H45ClN2O9/c1-18(2)24-17-31(38,33-29(37)43-24)25(40-9)13-11-12-19(3)21-14-22(28(32)23(15-21)39-8)34(7)27(36)16-26(42-20(4)35)30(5,6)41-10/h11-15,18,24-26,38H,16-17H2,1-10H3,(H,33,37)/b13-11+,19-12+/t24-,25+,26-,31-/m0/s1. The Balaban J connectivity index is 2.36. The van der Waals surface area contributed by atoms with Crippen LogP contribution in [0.1, 0.15) is 59.9 Å². The topological polar surface area (TPSA) is 133 Å². The van der Waals surface area contributed by atoms with E-state index < -0.39 is 41.7 Å². The Bertz CT molecular complexity index is 1230. The minimum Gasteiger partial charge on any atom is -0.495 e. The highest BCUT2D eigenvalue weighted by Crippen LogP contribution is 2.38. The lowest BCUT2D eigenvalue weighted by Gasteiger charge is -2.41. The fourth-order valence-corrected chi connectivity index (χ4v) is 4.84. The number of anilines is 1. The van der Waals surface area contributed by atoms with Gasteiger partial charge in [-0.2, -0.15) is 0 Å². The average molecular weight is 625 g/mol. The largest absolute Gasteiger partial charge is 0.495 e. The van der Waals surface area contributed by atoms with Crippen LogP contribution in [-0.2, 0) is 28.5 Å². The molecule has 1 saturated heterocycles. The van der Waals surface area contributed by atoms with Crippen molar-refractivity contribution in [2.75, 3.05) is 33.3 Å². The lowest BCUT2D eigenvalue weighted by atomic mass is 9.91. The summed E-state index contributed by atoms with van der Waals surface area (Å²) in [6.45, 7) is 10.4. The number of hydrogen-bond donors (Lipinski definition) is 2. The van der Waals surface area contributed by atoms with Crippen LogP contribution >= 0.6 is 11.6 Å². The van der Waals surface area contributed by atoms with Crippen LogP contribution in [0.25, 0.3) is 5.57 Å². The molecule has 0 unspecified atom stereocenters. The third-order valence-corrected chi connectivity index (χ3v) is 7.97. The molecule has 1 aromatic carbocycles. The van der Waals surface area contributed by atoms with Gasteiger partial charge in [-0.05, 0) is 50.0 Å². The van der Waals surface area contributed by atoms with Gasteiger partial charge in [0.05, 0.1) is 24.8 Å². The van der Waals surface area contributed by atoms with E-state index in [9.17, 15) is 19.5 Å². The number of cyclic esters (lactones) is 1. The van der Waals surface area contributed by atoms with Crippen molar-refractivity contribution in [3.8, 4) is 5.75 Å². The second-order valence-corrected chi connectivity index (χ2v) is 11.8. The van der Waals surface area contributed by atoms with E-state index in [-0.39, 0.29) is 29.7 Å². The van der Waals surface area contributed by atoms with Gasteiger partial charge in [-0.1, -0.05) is 43.7 Å². The number of hydrogen-bond acceptors (Lipinski definition) is 9. The van der Waals surface area contributed by atoms with Gasteiger partial charge in [0, 0.05) is 34.6 Å². The predicted molar refractivity (Wildman–Crippen MR) is 164 cm³/mol. The van der Waals surface area contributed by atoms with E-state index in [1.165, 1.54) is 33.2 Å². The lowest BCUT2D eigenvalue weighted by molar-refractivity contribution is -0.164. The molecule has 0 aliphatic carbocycles. The number of carbonyl (C=O) groups excluding carboxylic acids is 3. The van der Waals surface area contributed by atoms with Gasteiger partial charge in [-0.3, -0.25) is 14.9 Å². The molecule has 1 fully saturated rings. The van der Waals surface area contributed by atoms with Crippen molar-refractivity contribution in [2.45, 2.75) is 84.0 Å². The highest BCUT2D eigenvalue weighted by atomic mass is 35.5. The molecule has 1 aliphatic rings. The Morgan fingerprint density at radius 3 is 2.44 bits per heavy atom. The smallest absolute Gasteiger partial charge is 0.409 e. The molecule has 2 N–H and O–H groups in total. The zero-order chi connectivity index (χ0) is 32.7. The number of halogens is 1. The fourth-order valence-electron chi connectivity index (χ4n) is 4.53. The second-order valence-electron chi connectivity index (χ2n) is 11.4. The fraction of sp³-hybridized carbons (Fsp3) is 0.581. The summed E-state index contributed by atoms with van der Waals surface area (Å²) in [5.41, 5.74) is -0.680. The molecule has 240 valence electrons. The molecule has 0 spiro atoms. The molecule has 2 amide bonds. The van der Waals surface area contributed by atoms with Gasteiger partial charge < -0.3 is 33.7 Å². The number of methoxy groups -OCH3 is 3. The Morgan fingerprint density at radius 1 is 1.26 bits per heavy atom. The van der Waals surface area contributed by atoms with Gasteiger partial charge in [0.15, 0.2) is 5.72 Å². The van der Waals surface area contributed by atoms with Crippen molar-refractivity contribution in [3.63, 3.8) is 0 Å². The van der Waals surface area contributed by atoms with Crippen molar-refractivity contribution in [3.05, 3.63) is 40.9 Å². The van der Waals surface area contributed by atoms with Gasteiger partial charge in [0.25, 0.3) is 0 Å². The Kier molecular flexibility index (Phi) is 12.6. The van der Waals surface area contributed by atoms with Crippen LogP contribution in [0, 0.1) is 5.92 Å². The summed E-state index contributed by atoms with van der Waals surface area (Å²) in [5.74, 6) is -0.511. The molecule has 43 heavy (non-hydrogen) atoms. The van der Waals surface area contributed by atoms with Gasteiger partial charge in [-0.25, -0.2) is 4.79 Å². The van der Waals surface area contributed by atoms with E-state index in [2.05, 4.69) is 5.32 Å². The van der Waals surface area contributed by atoms with Gasteiger partial charge >= 0.3 is 12.1 Å². The summed E-state index contributed by atoms with van der Waals surface area (Å²) in [6.07, 6.45) is 2.29. The minimum absolute atomic E-state index is 0.0133. The summed E-state index contributed by atoms with van der Waals surface area (Å²) >= 11 is 6.62. The number of nitrogens with one attached hydrogen (secondary N) is 1. The van der Waals surface area contributed by atoms with E-state index in [0.29, 0.717) is 17.0 Å². The first-order valence-corrected chi connectivity index (χ1v) is 14.3. The Labute approximate surface area is 259 Å². The number of nitrogens with zero attached hydrogens (tertiary/aromatic N) is 1. The van der Waals surface area contributed by atoms with E-state index in [0.717, 1.165) is 5.57 Å².